The number of rotatable bonds is 8. The first kappa shape index (κ1) is 36.9. The molecule has 0 fully saturated rings. The SMILES string of the molecule is CCCO.CCCO.CCOC(=O)CC(C)=O.CCOC(=O)CC(C)=O.[Zr]. The minimum absolute atomic E-state index is 0. The number of carbonyl (C=O) groups excluding carboxylic acids is 4. The zero-order valence-corrected chi connectivity index (χ0v) is 20.0. The van der Waals surface area contributed by atoms with Gasteiger partial charge in [-0.3, -0.25) is 19.2 Å². The number of ether oxygens (including phenoxy) is 2. The standard InChI is InChI=1S/2C6H10O3.2C3H8O.Zr/c2*1-3-9-6(8)4-5(2)7;2*1-2-3-4;/h2*3-4H2,1-2H3;2*4H,2-3H2,1H3;. The Kier molecular flexibility index (Phi) is 44.8. The Hall–Kier alpha value is -0.917. The molecule has 160 valence electrons. The molecule has 0 spiro atoms. The van der Waals surface area contributed by atoms with Crippen molar-refractivity contribution < 1.29 is 65.1 Å². The summed E-state index contributed by atoms with van der Waals surface area (Å²) >= 11 is 0. The maximum absolute atomic E-state index is 10.4. The van der Waals surface area contributed by atoms with E-state index < -0.39 is 11.9 Å². The van der Waals surface area contributed by atoms with Crippen molar-refractivity contribution in [3.8, 4) is 0 Å². The molecule has 0 atom stereocenters. The van der Waals surface area contributed by atoms with Crippen LogP contribution in [0.25, 0.3) is 0 Å². The van der Waals surface area contributed by atoms with Crippen molar-refractivity contribution in [1.29, 1.82) is 0 Å². The van der Waals surface area contributed by atoms with Gasteiger partial charge in [0.2, 0.25) is 0 Å². The molecule has 9 heteroatoms. The van der Waals surface area contributed by atoms with Gasteiger partial charge in [-0.05, 0) is 40.5 Å². The summed E-state index contributed by atoms with van der Waals surface area (Å²) in [5, 5.41) is 15.8. The summed E-state index contributed by atoms with van der Waals surface area (Å²) in [5.41, 5.74) is 0. The van der Waals surface area contributed by atoms with Crippen LogP contribution in [0.4, 0.5) is 0 Å². The molecular weight excluding hydrogens is 435 g/mol. The molecule has 0 aromatic rings. The molecule has 27 heavy (non-hydrogen) atoms. The first-order chi connectivity index (χ1) is 12.2. The average Bonchev–Trinajstić information content (AvgIpc) is 2.55. The van der Waals surface area contributed by atoms with Crippen LogP contribution in [-0.4, -0.2) is 60.1 Å². The van der Waals surface area contributed by atoms with Crippen LogP contribution < -0.4 is 0 Å². The van der Waals surface area contributed by atoms with Crippen molar-refractivity contribution in [3.63, 3.8) is 0 Å². The van der Waals surface area contributed by atoms with E-state index in [0.29, 0.717) is 26.4 Å². The molecule has 0 aromatic carbocycles. The topological polar surface area (TPSA) is 127 Å². The number of Topliss-reactive ketones (excluding diaryl/α,β-unsaturated/α-hetero) is 2. The Morgan fingerprint density at radius 1 is 0.667 bits per heavy atom. The van der Waals surface area contributed by atoms with Crippen molar-refractivity contribution in [2.75, 3.05) is 26.4 Å². The predicted molar refractivity (Wildman–Crippen MR) is 98.6 cm³/mol. The number of hydrogen-bond donors (Lipinski definition) is 2. The fraction of sp³-hybridized carbons (Fsp3) is 0.778. The molecular formula is C18H36O8Zr. The zero-order valence-electron chi connectivity index (χ0n) is 17.5. The third kappa shape index (κ3) is 58.7. The second kappa shape index (κ2) is 32.7. The molecule has 8 nitrogen and oxygen atoms in total. The van der Waals surface area contributed by atoms with Crippen LogP contribution in [0.2, 0.25) is 0 Å². The number of aliphatic hydroxyl groups excluding tert-OH is 2. The van der Waals surface area contributed by atoms with Gasteiger partial charge in [0.1, 0.15) is 24.4 Å². The molecule has 0 heterocycles. The van der Waals surface area contributed by atoms with Gasteiger partial charge in [-0.25, -0.2) is 0 Å². The molecule has 0 amide bonds. The molecule has 0 radical (unpaired) electrons. The van der Waals surface area contributed by atoms with Crippen molar-refractivity contribution in [3.05, 3.63) is 0 Å². The summed E-state index contributed by atoms with van der Waals surface area (Å²) < 4.78 is 8.99. The summed E-state index contributed by atoms with van der Waals surface area (Å²) in [6.07, 6.45) is 1.54. The fourth-order valence-corrected chi connectivity index (χ4v) is 0.831. The van der Waals surface area contributed by atoms with Gasteiger partial charge in [0.15, 0.2) is 0 Å². The van der Waals surface area contributed by atoms with Gasteiger partial charge in [-0.2, -0.15) is 0 Å². The van der Waals surface area contributed by atoms with Crippen molar-refractivity contribution in [2.45, 2.75) is 67.2 Å². The number of esters is 2. The van der Waals surface area contributed by atoms with Crippen molar-refractivity contribution in [1.82, 2.24) is 0 Å². The number of ketones is 2. The monoisotopic (exact) mass is 470 g/mol. The first-order valence-corrected chi connectivity index (χ1v) is 8.68. The summed E-state index contributed by atoms with van der Waals surface area (Å²) in [7, 11) is 0. The van der Waals surface area contributed by atoms with Gasteiger partial charge in [0.05, 0.1) is 13.2 Å². The Bertz CT molecular complexity index is 321. The van der Waals surface area contributed by atoms with E-state index in [9.17, 15) is 19.2 Å². The summed E-state index contributed by atoms with van der Waals surface area (Å²) in [6.45, 7) is 11.3. The third-order valence-electron chi connectivity index (χ3n) is 1.84. The average molecular weight is 472 g/mol. The Labute approximate surface area is 182 Å². The molecule has 2 N–H and O–H groups in total. The summed E-state index contributed by atoms with van der Waals surface area (Å²) in [6, 6.07) is 0. The normalized spacial score (nSPS) is 8.00. The number of hydrogen-bond acceptors (Lipinski definition) is 8. The van der Waals surface area contributed by atoms with E-state index in [4.69, 9.17) is 10.2 Å². The Balaban J connectivity index is -0.0000000843. The van der Waals surface area contributed by atoms with Crippen molar-refractivity contribution in [2.24, 2.45) is 0 Å². The molecule has 0 aliphatic carbocycles. The number of carbonyl (C=O) groups is 4. The molecule has 0 aliphatic rings. The van der Waals surface area contributed by atoms with Crippen LogP contribution in [0.5, 0.6) is 0 Å². The smallest absolute Gasteiger partial charge is 0.313 e. The van der Waals surface area contributed by atoms with E-state index in [1.807, 2.05) is 13.8 Å². The molecule has 0 aliphatic heterocycles. The van der Waals surface area contributed by atoms with Gasteiger partial charge < -0.3 is 19.7 Å². The first-order valence-electron chi connectivity index (χ1n) is 8.68. The molecule has 0 rings (SSSR count). The minimum Gasteiger partial charge on any atom is -0.466 e. The second-order valence-corrected chi connectivity index (χ2v) is 4.81. The summed E-state index contributed by atoms with van der Waals surface area (Å²) in [4.78, 5) is 41.3. The predicted octanol–water partition coefficient (Wildman–Crippen LogP) is 1.83. The molecule has 0 unspecified atom stereocenters. The Morgan fingerprint density at radius 2 is 0.889 bits per heavy atom. The van der Waals surface area contributed by atoms with Gasteiger partial charge in [-0.1, -0.05) is 13.8 Å². The molecule has 0 bridgehead atoms. The maximum Gasteiger partial charge on any atom is 0.313 e. The zero-order chi connectivity index (χ0) is 21.4. The molecule has 0 aromatic heterocycles. The maximum atomic E-state index is 10.4. The van der Waals surface area contributed by atoms with Crippen LogP contribution in [-0.2, 0) is 54.9 Å². The minimum atomic E-state index is -0.440. The van der Waals surface area contributed by atoms with E-state index in [0.717, 1.165) is 12.8 Å². The van der Waals surface area contributed by atoms with E-state index in [1.54, 1.807) is 13.8 Å². The van der Waals surface area contributed by atoms with E-state index in [-0.39, 0.29) is 50.6 Å². The van der Waals surface area contributed by atoms with Crippen LogP contribution in [0.1, 0.15) is 67.2 Å². The van der Waals surface area contributed by atoms with E-state index in [2.05, 4.69) is 9.47 Å². The fourth-order valence-electron chi connectivity index (χ4n) is 0.831. The van der Waals surface area contributed by atoms with Gasteiger partial charge in [-0.15, -0.1) is 0 Å². The van der Waals surface area contributed by atoms with Crippen LogP contribution in [0.15, 0.2) is 0 Å². The van der Waals surface area contributed by atoms with Crippen LogP contribution in [0, 0.1) is 0 Å². The quantitative estimate of drug-likeness (QED) is 0.405. The van der Waals surface area contributed by atoms with Gasteiger partial charge >= 0.3 is 11.9 Å². The number of aliphatic hydroxyl groups is 2. The second-order valence-electron chi connectivity index (χ2n) is 4.81. The van der Waals surface area contributed by atoms with E-state index in [1.165, 1.54) is 13.8 Å². The van der Waals surface area contributed by atoms with Gasteiger partial charge in [0.25, 0.3) is 0 Å². The van der Waals surface area contributed by atoms with Crippen molar-refractivity contribution >= 4 is 23.5 Å². The van der Waals surface area contributed by atoms with Gasteiger partial charge in [0, 0.05) is 39.4 Å². The Morgan fingerprint density at radius 3 is 1.00 bits per heavy atom. The molecule has 0 saturated carbocycles. The van der Waals surface area contributed by atoms with Crippen LogP contribution >= 0.6 is 0 Å². The third-order valence-corrected chi connectivity index (χ3v) is 1.84. The molecule has 0 saturated heterocycles. The largest absolute Gasteiger partial charge is 0.466 e. The van der Waals surface area contributed by atoms with Crippen LogP contribution in [0.3, 0.4) is 0 Å². The van der Waals surface area contributed by atoms with E-state index >= 15 is 0 Å². The summed E-state index contributed by atoms with van der Waals surface area (Å²) in [5.74, 6) is -1.20.